The number of nitro groups is 1. The van der Waals surface area contributed by atoms with Crippen molar-refractivity contribution in [2.24, 2.45) is 0 Å². The highest BCUT2D eigenvalue weighted by molar-refractivity contribution is 7.24. The summed E-state index contributed by atoms with van der Waals surface area (Å²) in [6, 6.07) is 4.00. The first-order valence-corrected chi connectivity index (χ1v) is 10.4. The largest absolute Gasteiger partial charge is 0.347 e. The van der Waals surface area contributed by atoms with Crippen LogP contribution in [0.3, 0.4) is 0 Å². The van der Waals surface area contributed by atoms with Crippen molar-refractivity contribution in [2.75, 3.05) is 31.1 Å². The van der Waals surface area contributed by atoms with Crippen LogP contribution >= 0.6 is 22.7 Å². The molecule has 9 heteroatoms. The molecule has 0 radical (unpaired) electrons. The molecule has 0 spiro atoms. The average molecular weight is 380 g/mol. The summed E-state index contributed by atoms with van der Waals surface area (Å²) in [5.41, 5.74) is 0. The predicted molar refractivity (Wildman–Crippen MR) is 101 cm³/mol. The molecule has 2 aromatic rings. The number of hydrogen-bond donors (Lipinski definition) is 0. The number of hydrogen-bond acceptors (Lipinski definition) is 8. The molecule has 0 N–H and O–H groups in total. The third-order valence-corrected chi connectivity index (χ3v) is 7.23. The molecule has 7 nitrogen and oxygen atoms in total. The fraction of sp³-hybridized carbons (Fsp3) is 0.625. The summed E-state index contributed by atoms with van der Waals surface area (Å²) in [5.74, 6) is 0. The molecular formula is C16H21N5O2S2. The Bertz CT molecular complexity index is 732. The normalized spacial score (nSPS) is 20.1. The summed E-state index contributed by atoms with van der Waals surface area (Å²) in [6.45, 7) is 4.54. The van der Waals surface area contributed by atoms with Crippen LogP contribution in [0.5, 0.6) is 0 Å². The van der Waals surface area contributed by atoms with Gasteiger partial charge in [0.1, 0.15) is 0 Å². The van der Waals surface area contributed by atoms with Gasteiger partial charge in [0.05, 0.1) is 9.80 Å². The van der Waals surface area contributed by atoms with Crippen LogP contribution in [0.4, 0.5) is 10.1 Å². The second kappa shape index (κ2) is 7.35. The van der Waals surface area contributed by atoms with Gasteiger partial charge < -0.3 is 9.80 Å². The number of piperidine rings is 2. The van der Waals surface area contributed by atoms with Gasteiger partial charge in [0.15, 0.2) is 5.01 Å². The number of thiophene rings is 1. The molecule has 0 atom stereocenters. The van der Waals surface area contributed by atoms with E-state index in [0.29, 0.717) is 6.04 Å². The number of rotatable bonds is 4. The van der Waals surface area contributed by atoms with Gasteiger partial charge >= 0.3 is 5.00 Å². The summed E-state index contributed by atoms with van der Waals surface area (Å²) in [4.78, 5) is 16.3. The van der Waals surface area contributed by atoms with Gasteiger partial charge in [-0.2, -0.15) is 0 Å². The van der Waals surface area contributed by atoms with Crippen LogP contribution in [-0.4, -0.2) is 52.2 Å². The van der Waals surface area contributed by atoms with E-state index in [-0.39, 0.29) is 9.92 Å². The third-order valence-electron chi connectivity index (χ3n) is 5.04. The van der Waals surface area contributed by atoms with Crippen molar-refractivity contribution >= 4 is 32.8 Å². The molecule has 2 saturated heterocycles. The van der Waals surface area contributed by atoms with E-state index in [9.17, 15) is 10.1 Å². The van der Waals surface area contributed by atoms with Crippen molar-refractivity contribution in [3.8, 4) is 9.88 Å². The second-order valence-electron chi connectivity index (χ2n) is 6.60. The number of aromatic nitrogens is 2. The molecule has 134 valence electrons. The Morgan fingerprint density at radius 2 is 1.80 bits per heavy atom. The van der Waals surface area contributed by atoms with Gasteiger partial charge in [-0.1, -0.05) is 29.1 Å². The van der Waals surface area contributed by atoms with Crippen LogP contribution in [0.25, 0.3) is 9.88 Å². The van der Waals surface area contributed by atoms with E-state index in [1.54, 1.807) is 6.07 Å². The Morgan fingerprint density at radius 3 is 2.48 bits per heavy atom. The zero-order valence-corrected chi connectivity index (χ0v) is 15.6. The maximum Gasteiger partial charge on any atom is 0.324 e. The molecule has 0 bridgehead atoms. The van der Waals surface area contributed by atoms with Gasteiger partial charge in [0.25, 0.3) is 0 Å². The fourth-order valence-corrected chi connectivity index (χ4v) is 5.46. The molecule has 2 aromatic heterocycles. The van der Waals surface area contributed by atoms with Crippen molar-refractivity contribution in [1.29, 1.82) is 0 Å². The van der Waals surface area contributed by atoms with E-state index in [2.05, 4.69) is 20.0 Å². The fourth-order valence-electron chi connectivity index (χ4n) is 3.69. The molecule has 4 rings (SSSR count). The molecule has 0 aliphatic carbocycles. The van der Waals surface area contributed by atoms with E-state index >= 15 is 0 Å². The first kappa shape index (κ1) is 16.9. The lowest BCUT2D eigenvalue weighted by atomic mass is 10.0. The van der Waals surface area contributed by atoms with Crippen molar-refractivity contribution in [3.05, 3.63) is 22.2 Å². The standard InChI is InChI=1S/C16H21N5O2S2/c22-21(23)14-5-4-13(24-14)15-17-18-16(25-15)20-10-6-12(7-11-20)19-8-2-1-3-9-19/h4-5,12H,1-3,6-11H2. The highest BCUT2D eigenvalue weighted by atomic mass is 32.1. The van der Waals surface area contributed by atoms with Crippen LogP contribution in [-0.2, 0) is 0 Å². The van der Waals surface area contributed by atoms with Crippen LogP contribution in [0, 0.1) is 10.1 Å². The Kier molecular flexibility index (Phi) is 4.96. The summed E-state index contributed by atoms with van der Waals surface area (Å²) < 4.78 is 0. The first-order chi connectivity index (χ1) is 12.2. The topological polar surface area (TPSA) is 75.4 Å². The smallest absolute Gasteiger partial charge is 0.324 e. The van der Waals surface area contributed by atoms with Gasteiger partial charge in [0.2, 0.25) is 5.13 Å². The molecule has 0 saturated carbocycles. The lowest BCUT2D eigenvalue weighted by Gasteiger charge is -2.40. The average Bonchev–Trinajstić information content (AvgIpc) is 3.32. The molecule has 0 unspecified atom stereocenters. The molecular weight excluding hydrogens is 358 g/mol. The van der Waals surface area contributed by atoms with Gasteiger partial charge in [-0.05, 0) is 44.8 Å². The molecule has 0 amide bonds. The van der Waals surface area contributed by atoms with Gasteiger partial charge in [-0.25, -0.2) is 0 Å². The van der Waals surface area contributed by atoms with E-state index in [0.717, 1.165) is 39.4 Å². The summed E-state index contributed by atoms with van der Waals surface area (Å²) in [5, 5.41) is 21.3. The number of likely N-dealkylation sites (tertiary alicyclic amines) is 1. The van der Waals surface area contributed by atoms with Crippen molar-refractivity contribution in [1.82, 2.24) is 15.1 Å². The Hall–Kier alpha value is -1.58. The van der Waals surface area contributed by atoms with Crippen LogP contribution < -0.4 is 4.90 Å². The minimum absolute atomic E-state index is 0.147. The van der Waals surface area contributed by atoms with Crippen LogP contribution in [0.2, 0.25) is 0 Å². The Labute approximate surface area is 154 Å². The summed E-state index contributed by atoms with van der Waals surface area (Å²) >= 11 is 2.69. The molecule has 4 heterocycles. The number of nitrogens with zero attached hydrogens (tertiary/aromatic N) is 5. The number of anilines is 1. The zero-order valence-electron chi connectivity index (χ0n) is 14.0. The highest BCUT2D eigenvalue weighted by Crippen LogP contribution is 2.37. The van der Waals surface area contributed by atoms with E-state index in [1.165, 1.54) is 62.6 Å². The molecule has 2 aliphatic rings. The van der Waals surface area contributed by atoms with Crippen molar-refractivity contribution < 1.29 is 4.92 Å². The maximum atomic E-state index is 10.8. The lowest BCUT2D eigenvalue weighted by molar-refractivity contribution is -0.380. The Balaban J connectivity index is 1.38. The summed E-state index contributed by atoms with van der Waals surface area (Å²) in [6.07, 6.45) is 6.42. The van der Waals surface area contributed by atoms with E-state index < -0.39 is 0 Å². The first-order valence-electron chi connectivity index (χ1n) is 8.78. The van der Waals surface area contributed by atoms with E-state index in [1.807, 2.05) is 0 Å². The zero-order chi connectivity index (χ0) is 17.2. The van der Waals surface area contributed by atoms with Gasteiger partial charge in [-0.3, -0.25) is 10.1 Å². The molecule has 25 heavy (non-hydrogen) atoms. The highest BCUT2D eigenvalue weighted by Gasteiger charge is 2.27. The van der Waals surface area contributed by atoms with Gasteiger partial charge in [0, 0.05) is 25.2 Å². The van der Waals surface area contributed by atoms with Crippen LogP contribution in [0.15, 0.2) is 12.1 Å². The van der Waals surface area contributed by atoms with E-state index in [4.69, 9.17) is 0 Å². The monoisotopic (exact) mass is 379 g/mol. The lowest BCUT2D eigenvalue weighted by Crippen LogP contribution is -2.46. The van der Waals surface area contributed by atoms with Crippen molar-refractivity contribution in [2.45, 2.75) is 38.1 Å². The Morgan fingerprint density at radius 1 is 1.04 bits per heavy atom. The molecule has 2 fully saturated rings. The maximum absolute atomic E-state index is 10.8. The predicted octanol–water partition coefficient (Wildman–Crippen LogP) is 3.63. The minimum Gasteiger partial charge on any atom is -0.347 e. The molecule has 0 aromatic carbocycles. The minimum atomic E-state index is -0.360. The summed E-state index contributed by atoms with van der Waals surface area (Å²) in [7, 11) is 0. The quantitative estimate of drug-likeness (QED) is 0.596. The SMILES string of the molecule is O=[N+]([O-])c1ccc(-c2nnc(N3CCC(N4CCCCC4)CC3)s2)s1. The second-order valence-corrected chi connectivity index (χ2v) is 8.62. The van der Waals surface area contributed by atoms with Gasteiger partial charge in [-0.15, -0.1) is 10.2 Å². The van der Waals surface area contributed by atoms with Crippen molar-refractivity contribution in [3.63, 3.8) is 0 Å². The third kappa shape index (κ3) is 3.68. The van der Waals surface area contributed by atoms with Crippen LogP contribution in [0.1, 0.15) is 32.1 Å². The molecule has 2 aliphatic heterocycles.